The minimum absolute atomic E-state index is 0.0129. The van der Waals surface area contributed by atoms with Crippen LogP contribution < -0.4 is 4.74 Å². The van der Waals surface area contributed by atoms with E-state index in [1.807, 2.05) is 17.0 Å². The largest absolute Gasteiger partial charge is 0.484 e. The van der Waals surface area contributed by atoms with Crippen molar-refractivity contribution in [2.24, 2.45) is 0 Å². The summed E-state index contributed by atoms with van der Waals surface area (Å²) in [6, 6.07) is 14.0. The second-order valence-corrected chi connectivity index (χ2v) is 7.47. The van der Waals surface area contributed by atoms with Gasteiger partial charge in [0.05, 0.1) is 0 Å². The first-order valence-electron chi connectivity index (χ1n) is 9.08. The summed E-state index contributed by atoms with van der Waals surface area (Å²) in [5.74, 6) is 0.379. The summed E-state index contributed by atoms with van der Waals surface area (Å²) in [6.07, 6.45) is 0. The molecule has 0 unspecified atom stereocenters. The van der Waals surface area contributed by atoms with E-state index in [1.54, 1.807) is 24.3 Å². The van der Waals surface area contributed by atoms with Gasteiger partial charge in [-0.15, -0.1) is 0 Å². The summed E-state index contributed by atoms with van der Waals surface area (Å²) >= 11 is 5.85. The van der Waals surface area contributed by atoms with Crippen LogP contribution in [0.3, 0.4) is 0 Å². The highest BCUT2D eigenvalue weighted by atomic mass is 35.5. The number of piperazine rings is 1. The van der Waals surface area contributed by atoms with E-state index in [2.05, 4.69) is 18.7 Å². The maximum atomic E-state index is 13.1. The van der Waals surface area contributed by atoms with Crippen LogP contribution in [0.4, 0.5) is 4.39 Å². The van der Waals surface area contributed by atoms with E-state index in [0.717, 1.165) is 12.1 Å². The van der Waals surface area contributed by atoms with Crippen LogP contribution in [0.15, 0.2) is 48.5 Å². The Balaban J connectivity index is 1.54. The fourth-order valence-electron chi connectivity index (χ4n) is 3.44. The number of nitrogens with zero attached hydrogens (tertiary/aromatic N) is 2. The zero-order valence-corrected chi connectivity index (χ0v) is 16.3. The van der Waals surface area contributed by atoms with Gasteiger partial charge < -0.3 is 9.64 Å². The van der Waals surface area contributed by atoms with Gasteiger partial charge in [0.15, 0.2) is 6.61 Å². The molecule has 3 rings (SSSR count). The van der Waals surface area contributed by atoms with E-state index in [1.165, 1.54) is 12.1 Å². The van der Waals surface area contributed by atoms with Crippen LogP contribution >= 0.6 is 11.6 Å². The van der Waals surface area contributed by atoms with Crippen LogP contribution in [0.25, 0.3) is 0 Å². The van der Waals surface area contributed by atoms with E-state index in [9.17, 15) is 9.18 Å². The summed E-state index contributed by atoms with van der Waals surface area (Å²) in [7, 11) is 0. The molecule has 0 spiro atoms. The summed E-state index contributed by atoms with van der Waals surface area (Å²) < 4.78 is 18.7. The molecule has 2 atom stereocenters. The van der Waals surface area contributed by atoms with Crippen molar-refractivity contribution in [1.29, 1.82) is 0 Å². The molecule has 0 N–H and O–H groups in total. The Hall–Kier alpha value is -2.11. The van der Waals surface area contributed by atoms with Gasteiger partial charge in [-0.05, 0) is 55.8 Å². The van der Waals surface area contributed by atoms with Gasteiger partial charge in [0.25, 0.3) is 5.91 Å². The molecule has 1 aliphatic heterocycles. The molecule has 0 saturated carbocycles. The molecule has 1 fully saturated rings. The zero-order valence-electron chi connectivity index (χ0n) is 15.6. The highest BCUT2D eigenvalue weighted by Crippen LogP contribution is 2.20. The number of ether oxygens (including phenoxy) is 1. The van der Waals surface area contributed by atoms with Gasteiger partial charge in [0, 0.05) is 36.7 Å². The fraction of sp³-hybridized carbons (Fsp3) is 0.381. The lowest BCUT2D eigenvalue weighted by atomic mass is 10.1. The molecule has 0 aromatic heterocycles. The summed E-state index contributed by atoms with van der Waals surface area (Å²) in [5.41, 5.74) is 1.07. The molecule has 1 saturated heterocycles. The van der Waals surface area contributed by atoms with Crippen molar-refractivity contribution in [2.45, 2.75) is 32.5 Å². The second-order valence-electron chi connectivity index (χ2n) is 7.04. The molecule has 27 heavy (non-hydrogen) atoms. The Kier molecular flexibility index (Phi) is 6.34. The average molecular weight is 391 g/mol. The molecule has 2 aromatic rings. The zero-order chi connectivity index (χ0) is 19.4. The monoisotopic (exact) mass is 390 g/mol. The molecule has 1 amide bonds. The molecule has 6 heteroatoms. The minimum atomic E-state index is -0.226. The molecule has 1 aliphatic rings. The van der Waals surface area contributed by atoms with Crippen LogP contribution in [0.5, 0.6) is 5.75 Å². The highest BCUT2D eigenvalue weighted by molar-refractivity contribution is 6.30. The Morgan fingerprint density at radius 3 is 2.26 bits per heavy atom. The van der Waals surface area contributed by atoms with Crippen LogP contribution in [-0.2, 0) is 11.3 Å². The molecule has 0 aliphatic carbocycles. The van der Waals surface area contributed by atoms with E-state index in [4.69, 9.17) is 16.3 Å². The molecule has 0 radical (unpaired) electrons. The molecule has 4 nitrogen and oxygen atoms in total. The third-order valence-corrected chi connectivity index (χ3v) is 5.16. The van der Waals surface area contributed by atoms with Crippen LogP contribution in [0.2, 0.25) is 5.02 Å². The Bertz CT molecular complexity index is 755. The van der Waals surface area contributed by atoms with Crippen molar-refractivity contribution in [3.05, 3.63) is 64.9 Å². The topological polar surface area (TPSA) is 32.8 Å². The second kappa shape index (κ2) is 8.72. The van der Waals surface area contributed by atoms with Gasteiger partial charge in [0.2, 0.25) is 0 Å². The van der Waals surface area contributed by atoms with Crippen LogP contribution in [0.1, 0.15) is 19.4 Å². The molecular formula is C21H24ClFN2O2. The van der Waals surface area contributed by atoms with E-state index >= 15 is 0 Å². The van der Waals surface area contributed by atoms with Gasteiger partial charge in [-0.25, -0.2) is 4.39 Å². The SMILES string of the molecule is C[C@H]1CN(C(=O)COc2ccc(Cl)cc2)C[C@H](C)N1Cc1ccc(F)cc1. The molecule has 2 aromatic carbocycles. The predicted molar refractivity (Wildman–Crippen MR) is 104 cm³/mol. The molecular weight excluding hydrogens is 367 g/mol. The standard InChI is InChI=1S/C21H24ClFN2O2/c1-15-11-24(21(26)14-27-20-9-5-18(22)6-10-20)12-16(2)25(15)13-17-3-7-19(23)8-4-17/h3-10,15-16H,11-14H2,1-2H3/t15-,16-/m0/s1. The Morgan fingerprint density at radius 2 is 1.67 bits per heavy atom. The van der Waals surface area contributed by atoms with Gasteiger partial charge in [-0.2, -0.15) is 0 Å². The lowest BCUT2D eigenvalue weighted by Crippen LogP contribution is -2.58. The van der Waals surface area contributed by atoms with Crippen molar-refractivity contribution >= 4 is 17.5 Å². The van der Waals surface area contributed by atoms with Gasteiger partial charge in [0.1, 0.15) is 11.6 Å². The van der Waals surface area contributed by atoms with Crippen molar-refractivity contribution in [3.63, 3.8) is 0 Å². The number of hydrogen-bond donors (Lipinski definition) is 0. The molecule has 0 bridgehead atoms. The summed E-state index contributed by atoms with van der Waals surface area (Å²) in [6.45, 7) is 6.27. The lowest BCUT2D eigenvalue weighted by molar-refractivity contribution is -0.138. The van der Waals surface area contributed by atoms with Crippen LogP contribution in [0, 0.1) is 5.82 Å². The van der Waals surface area contributed by atoms with Gasteiger partial charge in [-0.3, -0.25) is 9.69 Å². The first-order chi connectivity index (χ1) is 12.9. The first kappa shape index (κ1) is 19.6. The van der Waals surface area contributed by atoms with Crippen molar-refractivity contribution in [1.82, 2.24) is 9.80 Å². The Labute approximate surface area is 164 Å². The van der Waals surface area contributed by atoms with E-state index < -0.39 is 0 Å². The van der Waals surface area contributed by atoms with E-state index in [0.29, 0.717) is 23.9 Å². The summed E-state index contributed by atoms with van der Waals surface area (Å²) in [4.78, 5) is 16.7. The Morgan fingerprint density at radius 1 is 1.07 bits per heavy atom. The number of amides is 1. The quantitative estimate of drug-likeness (QED) is 0.774. The average Bonchev–Trinajstić information content (AvgIpc) is 2.65. The van der Waals surface area contributed by atoms with Gasteiger partial charge in [-0.1, -0.05) is 23.7 Å². The number of rotatable bonds is 5. The summed E-state index contributed by atoms with van der Waals surface area (Å²) in [5, 5.41) is 0.633. The number of carbonyl (C=O) groups excluding carboxylic acids is 1. The maximum Gasteiger partial charge on any atom is 0.260 e. The van der Waals surface area contributed by atoms with Gasteiger partial charge >= 0.3 is 0 Å². The maximum absolute atomic E-state index is 13.1. The van der Waals surface area contributed by atoms with Crippen molar-refractivity contribution < 1.29 is 13.9 Å². The fourth-order valence-corrected chi connectivity index (χ4v) is 3.57. The van der Waals surface area contributed by atoms with Crippen LogP contribution in [-0.4, -0.2) is 47.5 Å². The first-order valence-corrected chi connectivity index (χ1v) is 9.46. The molecule has 1 heterocycles. The number of halogens is 2. The number of hydrogen-bond acceptors (Lipinski definition) is 3. The number of carbonyl (C=O) groups is 1. The normalized spacial score (nSPS) is 20.5. The predicted octanol–water partition coefficient (Wildman–Crippen LogP) is 3.98. The number of benzene rings is 2. The molecule has 144 valence electrons. The minimum Gasteiger partial charge on any atom is -0.484 e. The highest BCUT2D eigenvalue weighted by Gasteiger charge is 2.31. The van der Waals surface area contributed by atoms with Crippen molar-refractivity contribution in [2.75, 3.05) is 19.7 Å². The van der Waals surface area contributed by atoms with E-state index in [-0.39, 0.29) is 30.4 Å². The lowest BCUT2D eigenvalue weighted by Gasteiger charge is -2.44. The third-order valence-electron chi connectivity index (χ3n) is 4.91. The van der Waals surface area contributed by atoms with Crippen molar-refractivity contribution in [3.8, 4) is 5.75 Å². The smallest absolute Gasteiger partial charge is 0.260 e. The third kappa shape index (κ3) is 5.21.